The van der Waals surface area contributed by atoms with E-state index in [4.69, 9.17) is 9.15 Å². The van der Waals surface area contributed by atoms with Gasteiger partial charge in [0, 0.05) is 17.0 Å². The third-order valence-corrected chi connectivity index (χ3v) is 6.32. The predicted octanol–water partition coefficient (Wildman–Crippen LogP) is 4.00. The Kier molecular flexibility index (Phi) is 7.72. The van der Waals surface area contributed by atoms with Crippen LogP contribution in [0.25, 0.3) is 11.6 Å². The highest BCUT2D eigenvalue weighted by Gasteiger charge is 2.34. The van der Waals surface area contributed by atoms with Crippen LogP contribution in [0.5, 0.6) is 5.75 Å². The van der Waals surface area contributed by atoms with E-state index in [1.54, 1.807) is 24.1 Å². The molecule has 0 saturated heterocycles. The number of tetrazole rings is 1. The quantitative estimate of drug-likeness (QED) is 0.353. The van der Waals surface area contributed by atoms with Crippen LogP contribution in [0, 0.1) is 6.92 Å². The van der Waals surface area contributed by atoms with Gasteiger partial charge in [0.05, 0.1) is 7.11 Å². The summed E-state index contributed by atoms with van der Waals surface area (Å²) in [4.78, 5) is 30.8. The molecule has 2 amide bonds. The molecule has 37 heavy (non-hydrogen) atoms. The van der Waals surface area contributed by atoms with E-state index < -0.39 is 11.6 Å². The summed E-state index contributed by atoms with van der Waals surface area (Å²) in [6.07, 6.45) is 0. The second kappa shape index (κ2) is 11.0. The monoisotopic (exact) mass is 522 g/mol. The number of nitrogens with one attached hydrogen (secondary N) is 1. The van der Waals surface area contributed by atoms with Gasteiger partial charge in [-0.15, -0.1) is 21.5 Å². The fraction of sp³-hybridized carbons (Fsp3) is 0.346. The van der Waals surface area contributed by atoms with Crippen molar-refractivity contribution in [3.05, 3.63) is 70.1 Å². The average molecular weight is 523 g/mol. The predicted molar refractivity (Wildman–Crippen MR) is 139 cm³/mol. The highest BCUT2D eigenvalue weighted by atomic mass is 32.1. The molecule has 0 fully saturated rings. The zero-order valence-electron chi connectivity index (χ0n) is 21.5. The van der Waals surface area contributed by atoms with E-state index in [1.807, 2.05) is 69.5 Å². The van der Waals surface area contributed by atoms with Crippen molar-refractivity contribution < 1.29 is 18.7 Å². The first kappa shape index (κ1) is 26.1. The molecule has 1 aromatic carbocycles. The lowest BCUT2D eigenvalue weighted by atomic mass is 10.1. The number of carbonyl (C=O) groups is 2. The van der Waals surface area contributed by atoms with Crippen molar-refractivity contribution >= 4 is 23.2 Å². The van der Waals surface area contributed by atoms with Crippen LogP contribution < -0.4 is 10.1 Å². The number of hydrogen-bond acceptors (Lipinski definition) is 8. The Balaban J connectivity index is 1.66. The van der Waals surface area contributed by atoms with Crippen LogP contribution in [-0.2, 0) is 22.7 Å². The Hall–Kier alpha value is -3.99. The summed E-state index contributed by atoms with van der Waals surface area (Å²) in [5.41, 5.74) is 0.364. The molecule has 3 aromatic heterocycles. The maximum absolute atomic E-state index is 13.8. The highest BCUT2D eigenvalue weighted by molar-refractivity contribution is 7.10. The van der Waals surface area contributed by atoms with Crippen molar-refractivity contribution in [1.29, 1.82) is 0 Å². The van der Waals surface area contributed by atoms with Gasteiger partial charge in [-0.2, -0.15) is 4.80 Å². The summed E-state index contributed by atoms with van der Waals surface area (Å²) in [6.45, 7) is 7.53. The molecule has 194 valence electrons. The number of carbonyl (C=O) groups excluding carboxylic acids is 2. The average Bonchev–Trinajstić information content (AvgIpc) is 3.60. The summed E-state index contributed by atoms with van der Waals surface area (Å²) in [5, 5.41) is 17.3. The normalized spacial score (nSPS) is 12.2. The lowest BCUT2D eigenvalue weighted by Crippen LogP contribution is -2.49. The van der Waals surface area contributed by atoms with Gasteiger partial charge >= 0.3 is 0 Å². The van der Waals surface area contributed by atoms with Gasteiger partial charge in [-0.1, -0.05) is 18.2 Å². The second-order valence-electron chi connectivity index (χ2n) is 9.58. The van der Waals surface area contributed by atoms with Crippen LogP contribution in [-0.4, -0.2) is 49.6 Å². The molecule has 0 aliphatic heterocycles. The maximum Gasteiger partial charge on any atom is 0.248 e. The number of nitrogens with zero attached hydrogens (tertiary/aromatic N) is 5. The largest absolute Gasteiger partial charge is 0.497 e. The van der Waals surface area contributed by atoms with Gasteiger partial charge in [0.15, 0.2) is 5.76 Å². The summed E-state index contributed by atoms with van der Waals surface area (Å²) >= 11 is 1.42. The molecule has 11 heteroatoms. The molecule has 3 heterocycles. The summed E-state index contributed by atoms with van der Waals surface area (Å²) in [5.74, 6) is 1.56. The van der Waals surface area contributed by atoms with E-state index in [1.165, 1.54) is 16.1 Å². The molecule has 0 aliphatic carbocycles. The molecule has 1 atom stereocenters. The van der Waals surface area contributed by atoms with Crippen LogP contribution in [0.3, 0.4) is 0 Å². The number of rotatable bonds is 9. The Labute approximate surface area is 219 Å². The number of aryl methyl sites for hydroxylation is 1. The van der Waals surface area contributed by atoms with Gasteiger partial charge in [0.1, 0.15) is 24.1 Å². The molecular weight excluding hydrogens is 492 g/mol. The van der Waals surface area contributed by atoms with Gasteiger partial charge in [0.25, 0.3) is 0 Å². The zero-order valence-corrected chi connectivity index (χ0v) is 22.3. The molecule has 0 saturated carbocycles. The standard InChI is InChI=1S/C26H30N6O4S/c1-17-8-13-20(36-17)24-28-30-32(29-24)16-22(33)31(15-18-9-11-19(35-5)12-10-18)23(21-7-6-14-37-21)25(34)27-26(2,3)4/h6-14,23H,15-16H2,1-5H3,(H,27,34). The van der Waals surface area contributed by atoms with Crippen LogP contribution in [0.1, 0.15) is 43.0 Å². The topological polar surface area (TPSA) is 115 Å². The van der Waals surface area contributed by atoms with Crippen LogP contribution in [0.4, 0.5) is 0 Å². The minimum Gasteiger partial charge on any atom is -0.497 e. The Morgan fingerprint density at radius 1 is 1.16 bits per heavy atom. The lowest BCUT2D eigenvalue weighted by molar-refractivity contribution is -0.143. The lowest BCUT2D eigenvalue weighted by Gasteiger charge is -2.33. The van der Waals surface area contributed by atoms with Crippen molar-refractivity contribution in [2.24, 2.45) is 0 Å². The van der Waals surface area contributed by atoms with Gasteiger partial charge in [-0.3, -0.25) is 9.59 Å². The first-order valence-electron chi connectivity index (χ1n) is 11.8. The van der Waals surface area contributed by atoms with Gasteiger partial charge in [0.2, 0.25) is 17.6 Å². The van der Waals surface area contributed by atoms with E-state index in [-0.39, 0.29) is 30.7 Å². The Morgan fingerprint density at radius 3 is 2.51 bits per heavy atom. The van der Waals surface area contributed by atoms with Gasteiger partial charge in [-0.25, -0.2) is 0 Å². The number of hydrogen-bond donors (Lipinski definition) is 1. The first-order valence-corrected chi connectivity index (χ1v) is 12.6. The summed E-state index contributed by atoms with van der Waals surface area (Å²) < 4.78 is 10.8. The summed E-state index contributed by atoms with van der Waals surface area (Å²) in [7, 11) is 1.60. The fourth-order valence-electron chi connectivity index (χ4n) is 3.74. The van der Waals surface area contributed by atoms with Crippen LogP contribution in [0.2, 0.25) is 0 Å². The van der Waals surface area contributed by atoms with Gasteiger partial charge in [-0.05, 0) is 74.2 Å². The molecule has 1 unspecified atom stereocenters. The molecule has 4 aromatic rings. The van der Waals surface area contributed by atoms with E-state index in [0.717, 1.165) is 16.2 Å². The molecule has 0 radical (unpaired) electrons. The van der Waals surface area contributed by atoms with Crippen molar-refractivity contribution in [3.8, 4) is 17.3 Å². The van der Waals surface area contributed by atoms with Gasteiger partial charge < -0.3 is 19.4 Å². The summed E-state index contributed by atoms with van der Waals surface area (Å²) in [6, 6.07) is 13.8. The maximum atomic E-state index is 13.8. The molecule has 0 bridgehead atoms. The molecule has 10 nitrogen and oxygen atoms in total. The number of methoxy groups -OCH3 is 1. The smallest absolute Gasteiger partial charge is 0.248 e. The zero-order chi connectivity index (χ0) is 26.6. The second-order valence-corrected chi connectivity index (χ2v) is 10.6. The number of benzene rings is 1. The minimum atomic E-state index is -0.843. The number of furan rings is 1. The van der Waals surface area contributed by atoms with Crippen molar-refractivity contribution in [1.82, 2.24) is 30.4 Å². The number of thiophene rings is 1. The third kappa shape index (κ3) is 6.62. The minimum absolute atomic E-state index is 0.196. The van der Waals surface area contributed by atoms with E-state index in [9.17, 15) is 9.59 Å². The number of ether oxygens (including phenoxy) is 1. The third-order valence-electron chi connectivity index (χ3n) is 5.39. The highest BCUT2D eigenvalue weighted by Crippen LogP contribution is 2.29. The number of amides is 2. The molecule has 4 rings (SSSR count). The molecule has 0 spiro atoms. The molecular formula is C26H30N6O4S. The Bertz CT molecular complexity index is 1340. The fourth-order valence-corrected chi connectivity index (χ4v) is 4.57. The van der Waals surface area contributed by atoms with E-state index in [2.05, 4.69) is 20.7 Å². The van der Waals surface area contributed by atoms with Crippen LogP contribution >= 0.6 is 11.3 Å². The van der Waals surface area contributed by atoms with Crippen LogP contribution in [0.15, 0.2) is 58.3 Å². The van der Waals surface area contributed by atoms with E-state index >= 15 is 0 Å². The SMILES string of the molecule is COc1ccc(CN(C(=O)Cn2nnc(-c3ccc(C)o3)n2)C(C(=O)NC(C)(C)C)c2cccs2)cc1. The Morgan fingerprint density at radius 2 is 1.92 bits per heavy atom. The van der Waals surface area contributed by atoms with Crippen molar-refractivity contribution in [3.63, 3.8) is 0 Å². The number of aromatic nitrogens is 4. The molecule has 0 aliphatic rings. The van der Waals surface area contributed by atoms with Crippen molar-refractivity contribution in [2.75, 3.05) is 7.11 Å². The first-order chi connectivity index (χ1) is 17.6. The van der Waals surface area contributed by atoms with E-state index in [0.29, 0.717) is 11.5 Å². The van der Waals surface area contributed by atoms with Crippen molar-refractivity contribution in [2.45, 2.75) is 52.4 Å². The molecule has 1 N–H and O–H groups in total.